The van der Waals surface area contributed by atoms with Crippen molar-refractivity contribution in [3.05, 3.63) is 65.1 Å². The predicted octanol–water partition coefficient (Wildman–Crippen LogP) is 3.27. The first-order valence-corrected chi connectivity index (χ1v) is 7.72. The molecule has 0 amide bonds. The van der Waals surface area contributed by atoms with E-state index in [9.17, 15) is 0 Å². The lowest BCUT2D eigenvalue weighted by molar-refractivity contribution is 0.298. The predicted molar refractivity (Wildman–Crippen MR) is 91.4 cm³/mol. The number of pyridine rings is 1. The molecule has 0 saturated heterocycles. The van der Waals surface area contributed by atoms with E-state index >= 15 is 0 Å². The Bertz CT molecular complexity index is 753. The minimum atomic E-state index is 0.110. The minimum Gasteiger partial charge on any atom is -0.396 e. The third-order valence-corrected chi connectivity index (χ3v) is 3.78. The number of benzene rings is 1. The summed E-state index contributed by atoms with van der Waals surface area (Å²) >= 11 is 5.93. The third kappa shape index (κ3) is 3.88. The van der Waals surface area contributed by atoms with Crippen LogP contribution >= 0.6 is 11.6 Å². The Morgan fingerprint density at radius 1 is 1.09 bits per heavy atom. The number of rotatable bonds is 6. The number of aliphatic hydroxyl groups excluding tert-OH is 1. The van der Waals surface area contributed by atoms with Crippen LogP contribution in [0.5, 0.6) is 0 Å². The lowest BCUT2D eigenvalue weighted by Crippen LogP contribution is -2.01. The normalized spacial score (nSPS) is 10.7. The molecule has 2 aromatic heterocycles. The molecule has 3 aromatic rings. The third-order valence-electron chi connectivity index (χ3n) is 3.53. The Morgan fingerprint density at radius 3 is 2.61 bits per heavy atom. The Hall–Kier alpha value is -2.37. The summed E-state index contributed by atoms with van der Waals surface area (Å²) < 4.78 is 0. The Kier molecular flexibility index (Phi) is 4.90. The monoisotopic (exact) mass is 328 g/mol. The largest absolute Gasteiger partial charge is 0.396 e. The molecule has 0 saturated carbocycles. The van der Waals surface area contributed by atoms with Gasteiger partial charge in [0.15, 0.2) is 0 Å². The quantitative estimate of drug-likeness (QED) is 0.649. The molecule has 0 radical (unpaired) electrons. The summed E-state index contributed by atoms with van der Waals surface area (Å²) in [7, 11) is 0. The van der Waals surface area contributed by atoms with Gasteiger partial charge in [0.2, 0.25) is 0 Å². The first-order chi connectivity index (χ1) is 11.3. The Labute approximate surface area is 139 Å². The molecule has 0 bridgehead atoms. The van der Waals surface area contributed by atoms with E-state index in [1.165, 1.54) is 0 Å². The molecule has 118 valence electrons. The van der Waals surface area contributed by atoms with Crippen LogP contribution < -0.4 is 5.32 Å². The smallest absolute Gasteiger partial charge is 0.0700 e. The van der Waals surface area contributed by atoms with Gasteiger partial charge in [0.25, 0.3) is 0 Å². The highest BCUT2D eigenvalue weighted by Crippen LogP contribution is 2.23. The zero-order chi connectivity index (χ0) is 16.1. The van der Waals surface area contributed by atoms with Gasteiger partial charge < -0.3 is 10.4 Å². The highest BCUT2D eigenvalue weighted by molar-refractivity contribution is 6.30. The maximum absolute atomic E-state index is 8.90. The van der Waals surface area contributed by atoms with E-state index in [1.54, 1.807) is 6.20 Å². The zero-order valence-corrected chi connectivity index (χ0v) is 13.2. The first-order valence-electron chi connectivity index (χ1n) is 7.34. The van der Waals surface area contributed by atoms with Crippen molar-refractivity contribution in [2.75, 3.05) is 11.9 Å². The van der Waals surface area contributed by atoms with Gasteiger partial charge in [-0.15, -0.1) is 0 Å². The lowest BCUT2D eigenvalue weighted by Gasteiger charge is -2.08. The number of hydrogen-bond donors (Lipinski definition) is 3. The van der Waals surface area contributed by atoms with Crippen molar-refractivity contribution in [1.29, 1.82) is 0 Å². The molecule has 6 heteroatoms. The molecule has 0 unspecified atom stereocenters. The summed E-state index contributed by atoms with van der Waals surface area (Å²) in [5, 5.41) is 20.1. The van der Waals surface area contributed by atoms with E-state index in [0.717, 1.165) is 28.2 Å². The second-order valence-corrected chi connectivity index (χ2v) is 5.58. The summed E-state index contributed by atoms with van der Waals surface area (Å²) in [4.78, 5) is 4.30. The molecule has 2 heterocycles. The topological polar surface area (TPSA) is 73.8 Å². The number of hydrogen-bond acceptors (Lipinski definition) is 4. The second kappa shape index (κ2) is 7.26. The second-order valence-electron chi connectivity index (χ2n) is 5.14. The van der Waals surface area contributed by atoms with Crippen molar-refractivity contribution in [3.63, 3.8) is 0 Å². The fourth-order valence-electron chi connectivity index (χ4n) is 2.30. The van der Waals surface area contributed by atoms with Crippen molar-refractivity contribution in [2.24, 2.45) is 0 Å². The average molecular weight is 329 g/mol. The molecule has 0 fully saturated rings. The molecule has 3 rings (SSSR count). The number of aromatic nitrogens is 3. The van der Waals surface area contributed by atoms with E-state index in [2.05, 4.69) is 20.5 Å². The maximum Gasteiger partial charge on any atom is 0.0700 e. The van der Waals surface area contributed by atoms with Crippen LogP contribution in [0.15, 0.2) is 48.8 Å². The number of aliphatic hydroxyl groups is 1. The van der Waals surface area contributed by atoms with Gasteiger partial charge in [-0.2, -0.15) is 5.10 Å². The van der Waals surface area contributed by atoms with Crippen molar-refractivity contribution in [1.82, 2.24) is 15.2 Å². The fourth-order valence-corrected chi connectivity index (χ4v) is 2.43. The van der Waals surface area contributed by atoms with Gasteiger partial charge in [0, 0.05) is 35.9 Å². The van der Waals surface area contributed by atoms with Crippen LogP contribution in [0.3, 0.4) is 0 Å². The molecular weight excluding hydrogens is 312 g/mol. The fraction of sp³-hybridized carbons (Fsp3) is 0.176. The van der Waals surface area contributed by atoms with Crippen molar-refractivity contribution < 1.29 is 5.11 Å². The van der Waals surface area contributed by atoms with Crippen LogP contribution in [0.2, 0.25) is 5.02 Å². The minimum absolute atomic E-state index is 0.110. The number of H-pyrrole nitrogens is 1. The number of halogens is 1. The van der Waals surface area contributed by atoms with Crippen LogP contribution in [0.4, 0.5) is 5.69 Å². The van der Waals surface area contributed by atoms with E-state index in [-0.39, 0.29) is 6.61 Å². The van der Waals surface area contributed by atoms with Crippen LogP contribution in [-0.4, -0.2) is 26.9 Å². The molecule has 0 aliphatic carbocycles. The lowest BCUT2D eigenvalue weighted by atomic mass is 10.1. The molecule has 5 nitrogen and oxygen atoms in total. The standard InChI is InChI=1S/C17H17ClN4O/c18-14-3-1-12(2-4-14)17-13(10-21-22-17)9-19-16-6-5-15(7-8-23)20-11-16/h1-6,10-11,19,23H,7-9H2,(H,21,22). The van der Waals surface area contributed by atoms with E-state index in [4.69, 9.17) is 16.7 Å². The highest BCUT2D eigenvalue weighted by Gasteiger charge is 2.07. The van der Waals surface area contributed by atoms with E-state index < -0.39 is 0 Å². The van der Waals surface area contributed by atoms with Gasteiger partial charge in [0.05, 0.1) is 23.8 Å². The summed E-state index contributed by atoms with van der Waals surface area (Å²) in [5.74, 6) is 0. The maximum atomic E-state index is 8.90. The average Bonchev–Trinajstić information content (AvgIpc) is 3.04. The molecular formula is C17H17ClN4O. The van der Waals surface area contributed by atoms with Crippen molar-refractivity contribution >= 4 is 17.3 Å². The van der Waals surface area contributed by atoms with Gasteiger partial charge >= 0.3 is 0 Å². The van der Waals surface area contributed by atoms with Crippen LogP contribution in [-0.2, 0) is 13.0 Å². The number of aromatic amines is 1. The van der Waals surface area contributed by atoms with Gasteiger partial charge in [-0.1, -0.05) is 23.7 Å². The summed E-state index contributed by atoms with van der Waals surface area (Å²) in [5.41, 5.74) is 4.88. The highest BCUT2D eigenvalue weighted by atomic mass is 35.5. The SMILES string of the molecule is OCCc1ccc(NCc2cn[nH]c2-c2ccc(Cl)cc2)cn1. The van der Waals surface area contributed by atoms with Gasteiger partial charge in [-0.3, -0.25) is 10.1 Å². The summed E-state index contributed by atoms with van der Waals surface area (Å²) in [6.45, 7) is 0.745. The Morgan fingerprint density at radius 2 is 1.91 bits per heavy atom. The number of anilines is 1. The molecule has 1 aromatic carbocycles. The molecule has 0 aliphatic heterocycles. The van der Waals surface area contributed by atoms with E-state index in [0.29, 0.717) is 18.0 Å². The number of nitrogens with zero attached hydrogens (tertiary/aromatic N) is 2. The molecule has 3 N–H and O–H groups in total. The van der Waals surface area contributed by atoms with Crippen LogP contribution in [0.1, 0.15) is 11.3 Å². The van der Waals surface area contributed by atoms with Gasteiger partial charge in [-0.25, -0.2) is 0 Å². The molecule has 0 atom stereocenters. The van der Waals surface area contributed by atoms with Gasteiger partial charge in [-0.05, 0) is 29.8 Å². The van der Waals surface area contributed by atoms with Gasteiger partial charge in [0.1, 0.15) is 0 Å². The van der Waals surface area contributed by atoms with Crippen LogP contribution in [0.25, 0.3) is 11.3 Å². The van der Waals surface area contributed by atoms with Crippen molar-refractivity contribution in [3.8, 4) is 11.3 Å². The number of nitrogens with one attached hydrogen (secondary N) is 2. The first kappa shape index (κ1) is 15.5. The zero-order valence-electron chi connectivity index (χ0n) is 12.5. The van der Waals surface area contributed by atoms with E-state index in [1.807, 2.05) is 42.6 Å². The molecule has 23 heavy (non-hydrogen) atoms. The summed E-state index contributed by atoms with van der Waals surface area (Å²) in [6, 6.07) is 11.5. The molecule has 0 spiro atoms. The van der Waals surface area contributed by atoms with Crippen molar-refractivity contribution in [2.45, 2.75) is 13.0 Å². The molecule has 0 aliphatic rings. The van der Waals surface area contributed by atoms with Crippen LogP contribution in [0, 0.1) is 0 Å². The Balaban J connectivity index is 1.69. The summed E-state index contributed by atoms with van der Waals surface area (Å²) in [6.07, 6.45) is 4.15.